The molecule has 1 atom stereocenters. The van der Waals surface area contributed by atoms with Crippen LogP contribution in [0.25, 0.3) is 10.9 Å². The quantitative estimate of drug-likeness (QED) is 0.769. The van der Waals surface area contributed by atoms with Crippen molar-refractivity contribution >= 4 is 28.5 Å². The number of hydrogen-bond acceptors (Lipinski definition) is 3. The van der Waals surface area contributed by atoms with Gasteiger partial charge < -0.3 is 9.30 Å². The van der Waals surface area contributed by atoms with Crippen LogP contribution in [0.5, 0.6) is 0 Å². The molecule has 0 aliphatic heterocycles. The summed E-state index contributed by atoms with van der Waals surface area (Å²) < 4.78 is 35.3. The van der Waals surface area contributed by atoms with Gasteiger partial charge in [-0.15, -0.1) is 0 Å². The van der Waals surface area contributed by atoms with Crippen LogP contribution in [-0.2, 0) is 10.5 Å². The smallest absolute Gasteiger partial charge is 0.343 e. The molecule has 3 rings (SSSR count). The van der Waals surface area contributed by atoms with Crippen LogP contribution in [-0.4, -0.2) is 17.1 Å². The number of aromatic nitrogens is 1. The molecule has 2 aromatic rings. The molecule has 25 heavy (non-hydrogen) atoms. The van der Waals surface area contributed by atoms with Gasteiger partial charge in [0.15, 0.2) is 0 Å². The second kappa shape index (κ2) is 6.44. The second-order valence-electron chi connectivity index (χ2n) is 5.56. The van der Waals surface area contributed by atoms with Crippen molar-refractivity contribution in [1.82, 2.24) is 4.57 Å². The minimum atomic E-state index is -2.02. The van der Waals surface area contributed by atoms with E-state index in [1.807, 2.05) is 0 Å². The first kappa shape index (κ1) is 17.4. The number of carbonyl (C=O) groups excluding carboxylic acids is 1. The molecule has 1 aliphatic rings. The first-order chi connectivity index (χ1) is 11.9. The lowest BCUT2D eigenvalue weighted by Crippen LogP contribution is -2.31. The van der Waals surface area contributed by atoms with Gasteiger partial charge in [-0.3, -0.25) is 4.79 Å². The van der Waals surface area contributed by atoms with Crippen LogP contribution in [0.4, 0.5) is 8.78 Å². The number of fused-ring (bicyclic) bond motifs is 1. The van der Waals surface area contributed by atoms with Crippen LogP contribution >= 0.6 is 11.6 Å². The molecular weight excluding hydrogens is 352 g/mol. The molecule has 0 bridgehead atoms. The molecule has 0 saturated heterocycles. The van der Waals surface area contributed by atoms with Gasteiger partial charge in [-0.1, -0.05) is 29.8 Å². The van der Waals surface area contributed by atoms with E-state index in [1.54, 1.807) is 19.1 Å². The van der Waals surface area contributed by atoms with Gasteiger partial charge in [0.2, 0.25) is 11.2 Å². The lowest BCUT2D eigenvalue weighted by atomic mass is 10.0. The Morgan fingerprint density at radius 2 is 2.16 bits per heavy atom. The number of halogens is 3. The van der Waals surface area contributed by atoms with Crippen LogP contribution in [0.15, 0.2) is 47.4 Å². The SMILES string of the molecule is CCOC(=O)c1cn(C2(F)C=CC=CC2)c2cc(Cl)c(F)cc2c1=O. The standard InChI is InChI=1S/C18H14ClF2NO3/c1-2-25-17(24)12-10-22(18(21)6-4-3-5-7-18)15-9-13(19)14(20)8-11(15)16(12)23/h3-6,8-10H,2,7H2,1H3. The Kier molecular flexibility index (Phi) is 4.47. The maximum absolute atomic E-state index is 15.5. The summed E-state index contributed by atoms with van der Waals surface area (Å²) in [4.78, 5) is 24.7. The predicted octanol–water partition coefficient (Wildman–Crippen LogP) is 4.11. The van der Waals surface area contributed by atoms with Crippen LogP contribution in [0, 0.1) is 5.82 Å². The third-order valence-electron chi connectivity index (χ3n) is 3.94. The summed E-state index contributed by atoms with van der Waals surface area (Å²) in [5.74, 6) is -3.74. The van der Waals surface area contributed by atoms with Crippen LogP contribution in [0.3, 0.4) is 0 Å². The fourth-order valence-electron chi connectivity index (χ4n) is 2.74. The molecule has 1 aromatic carbocycles. The van der Waals surface area contributed by atoms with Gasteiger partial charge >= 0.3 is 5.97 Å². The number of esters is 1. The molecule has 0 amide bonds. The predicted molar refractivity (Wildman–Crippen MR) is 91.1 cm³/mol. The van der Waals surface area contributed by atoms with E-state index in [0.29, 0.717) is 0 Å². The maximum Gasteiger partial charge on any atom is 0.343 e. The highest BCUT2D eigenvalue weighted by atomic mass is 35.5. The maximum atomic E-state index is 15.5. The summed E-state index contributed by atoms with van der Waals surface area (Å²) in [6, 6.07) is 2.08. The number of nitrogens with zero attached hydrogens (tertiary/aromatic N) is 1. The van der Waals surface area contributed by atoms with Crippen LogP contribution < -0.4 is 5.43 Å². The minimum absolute atomic E-state index is 0.0151. The Bertz CT molecular complexity index is 980. The number of allylic oxidation sites excluding steroid dienone is 4. The van der Waals surface area contributed by atoms with E-state index in [0.717, 1.165) is 16.8 Å². The van der Waals surface area contributed by atoms with E-state index in [-0.39, 0.29) is 34.5 Å². The van der Waals surface area contributed by atoms with Gasteiger partial charge in [0.1, 0.15) is 11.4 Å². The Balaban J connectivity index is 2.38. The summed E-state index contributed by atoms with van der Waals surface area (Å²) in [7, 11) is 0. The van der Waals surface area contributed by atoms with Crippen molar-refractivity contribution in [2.45, 2.75) is 19.1 Å². The van der Waals surface area contributed by atoms with Gasteiger partial charge in [-0.05, 0) is 25.1 Å². The van der Waals surface area contributed by atoms with Crippen molar-refractivity contribution in [3.05, 3.63) is 69.3 Å². The number of benzene rings is 1. The summed E-state index contributed by atoms with van der Waals surface area (Å²) in [6.45, 7) is 1.64. The van der Waals surface area contributed by atoms with Crippen molar-refractivity contribution < 1.29 is 18.3 Å². The zero-order chi connectivity index (χ0) is 18.2. The van der Waals surface area contributed by atoms with Gasteiger partial charge in [0.25, 0.3) is 0 Å². The Hall–Kier alpha value is -2.47. The number of ether oxygens (including phenoxy) is 1. The Labute approximate surface area is 147 Å². The lowest BCUT2D eigenvalue weighted by molar-refractivity contribution is 0.0522. The number of hydrogen-bond donors (Lipinski definition) is 0. The number of rotatable bonds is 3. The highest BCUT2D eigenvalue weighted by molar-refractivity contribution is 6.31. The molecule has 1 aliphatic carbocycles. The van der Waals surface area contributed by atoms with E-state index in [1.165, 1.54) is 18.2 Å². The molecule has 0 fully saturated rings. The molecular formula is C18H14ClF2NO3. The lowest BCUT2D eigenvalue weighted by Gasteiger charge is -2.28. The molecule has 0 spiro atoms. The molecule has 0 N–H and O–H groups in total. The summed E-state index contributed by atoms with van der Waals surface area (Å²) in [5.41, 5.74) is -1.01. The topological polar surface area (TPSA) is 48.3 Å². The monoisotopic (exact) mass is 365 g/mol. The van der Waals surface area contributed by atoms with E-state index >= 15 is 4.39 Å². The second-order valence-corrected chi connectivity index (χ2v) is 5.96. The highest BCUT2D eigenvalue weighted by Gasteiger charge is 2.31. The molecule has 0 radical (unpaired) electrons. The van der Waals surface area contributed by atoms with Gasteiger partial charge in [-0.2, -0.15) is 0 Å². The zero-order valence-electron chi connectivity index (χ0n) is 13.3. The largest absolute Gasteiger partial charge is 0.462 e. The van der Waals surface area contributed by atoms with Crippen molar-refractivity contribution in [2.75, 3.05) is 6.61 Å². The van der Waals surface area contributed by atoms with Crippen molar-refractivity contribution in [3.63, 3.8) is 0 Å². The van der Waals surface area contributed by atoms with Gasteiger partial charge in [0, 0.05) is 18.0 Å². The Morgan fingerprint density at radius 1 is 1.40 bits per heavy atom. The van der Waals surface area contributed by atoms with E-state index in [2.05, 4.69) is 0 Å². The van der Waals surface area contributed by atoms with E-state index in [4.69, 9.17) is 16.3 Å². The van der Waals surface area contributed by atoms with Crippen molar-refractivity contribution in [3.8, 4) is 0 Å². The molecule has 4 nitrogen and oxygen atoms in total. The van der Waals surface area contributed by atoms with Gasteiger partial charge in [-0.25, -0.2) is 13.6 Å². The molecule has 1 aromatic heterocycles. The third-order valence-corrected chi connectivity index (χ3v) is 4.23. The fourth-order valence-corrected chi connectivity index (χ4v) is 2.90. The van der Waals surface area contributed by atoms with Gasteiger partial charge in [0.05, 0.1) is 17.1 Å². The number of pyridine rings is 1. The van der Waals surface area contributed by atoms with Crippen LogP contribution in [0.2, 0.25) is 5.02 Å². The zero-order valence-corrected chi connectivity index (χ0v) is 14.0. The molecule has 1 heterocycles. The molecule has 1 unspecified atom stereocenters. The Morgan fingerprint density at radius 3 is 2.80 bits per heavy atom. The third kappa shape index (κ3) is 2.98. The molecule has 7 heteroatoms. The van der Waals surface area contributed by atoms with Crippen molar-refractivity contribution in [1.29, 1.82) is 0 Å². The summed E-state index contributed by atoms with van der Waals surface area (Å²) in [6.07, 6.45) is 7.19. The summed E-state index contributed by atoms with van der Waals surface area (Å²) in [5, 5.41) is -0.393. The normalized spacial score (nSPS) is 19.4. The van der Waals surface area contributed by atoms with Crippen LogP contribution in [0.1, 0.15) is 23.7 Å². The number of alkyl halides is 1. The highest BCUT2D eigenvalue weighted by Crippen LogP contribution is 2.33. The number of carbonyl (C=O) groups is 1. The molecule has 0 saturated carbocycles. The average Bonchev–Trinajstić information content (AvgIpc) is 2.57. The van der Waals surface area contributed by atoms with Crippen molar-refractivity contribution in [2.24, 2.45) is 0 Å². The first-order valence-corrected chi connectivity index (χ1v) is 8.00. The first-order valence-electron chi connectivity index (χ1n) is 7.62. The van der Waals surface area contributed by atoms with E-state index in [9.17, 15) is 14.0 Å². The minimum Gasteiger partial charge on any atom is -0.462 e. The molecule has 130 valence electrons. The summed E-state index contributed by atoms with van der Waals surface area (Å²) >= 11 is 5.81. The van der Waals surface area contributed by atoms with E-state index < -0.39 is 23.0 Å². The fraction of sp³-hybridized carbons (Fsp3) is 0.222. The average molecular weight is 366 g/mol.